The summed E-state index contributed by atoms with van der Waals surface area (Å²) in [5.41, 5.74) is 0.310. The molecule has 36 heavy (non-hydrogen) atoms. The summed E-state index contributed by atoms with van der Waals surface area (Å²) in [6, 6.07) is 9.01. The molecule has 0 N–H and O–H groups in total. The molecular weight excluding hydrogens is 511 g/mol. The van der Waals surface area contributed by atoms with Crippen LogP contribution >= 0.6 is 0 Å². The molecule has 0 fully saturated rings. The van der Waals surface area contributed by atoms with Gasteiger partial charge in [-0.1, -0.05) is 33.8 Å². The topological polar surface area (TPSA) is 119 Å². The van der Waals surface area contributed by atoms with E-state index >= 15 is 0 Å². The van der Waals surface area contributed by atoms with E-state index in [1.807, 2.05) is 13.8 Å². The largest absolute Gasteiger partial charge is 0.744 e. The van der Waals surface area contributed by atoms with E-state index in [0.29, 0.717) is 10.8 Å². The van der Waals surface area contributed by atoms with Crippen LogP contribution in [-0.2, 0) is 25.0 Å². The second kappa shape index (κ2) is 10.3. The number of halogens is 1. The third-order valence-corrected chi connectivity index (χ3v) is 7.69. The first-order valence-electron chi connectivity index (χ1n) is 11.1. The van der Waals surface area contributed by atoms with E-state index in [1.165, 1.54) is 50.4 Å². The molecule has 0 aromatic heterocycles. The van der Waals surface area contributed by atoms with E-state index in [4.69, 9.17) is 13.7 Å². The van der Waals surface area contributed by atoms with Crippen molar-refractivity contribution in [2.24, 2.45) is 5.92 Å². The fourth-order valence-electron chi connectivity index (χ4n) is 3.66. The number of methoxy groups -OCH3 is 1. The minimum atomic E-state index is -4.77. The summed E-state index contributed by atoms with van der Waals surface area (Å²) in [4.78, 5) is -0.624. The SMILES string of the molecule is COC(Oc1cc2cc(S(=O)(=O)Oc3cc(C(C)C)c(S(=O)(=O)[O-])cc3C)ccc2cc1F)C(C)C. The summed E-state index contributed by atoms with van der Waals surface area (Å²) in [6.45, 7) is 8.49. The number of hydrogen-bond acceptors (Lipinski definition) is 8. The van der Waals surface area contributed by atoms with E-state index in [-0.39, 0.29) is 39.4 Å². The van der Waals surface area contributed by atoms with Crippen molar-refractivity contribution in [3.63, 3.8) is 0 Å². The van der Waals surface area contributed by atoms with Crippen LogP contribution in [0.1, 0.15) is 44.7 Å². The molecule has 3 aromatic rings. The molecule has 1 unspecified atom stereocenters. The Morgan fingerprint density at radius 1 is 0.889 bits per heavy atom. The van der Waals surface area contributed by atoms with Gasteiger partial charge in [-0.05, 0) is 71.1 Å². The summed E-state index contributed by atoms with van der Waals surface area (Å²) >= 11 is 0. The Morgan fingerprint density at radius 3 is 2.11 bits per heavy atom. The van der Waals surface area contributed by atoms with Gasteiger partial charge in [0.15, 0.2) is 11.6 Å². The Labute approximate surface area is 210 Å². The van der Waals surface area contributed by atoms with Crippen molar-refractivity contribution < 1.29 is 39.4 Å². The Morgan fingerprint density at radius 2 is 1.56 bits per heavy atom. The molecule has 3 rings (SSSR count). The average Bonchev–Trinajstić information content (AvgIpc) is 2.77. The number of aryl methyl sites for hydroxylation is 1. The van der Waals surface area contributed by atoms with Crippen LogP contribution in [0, 0.1) is 18.7 Å². The monoisotopic (exact) mass is 539 g/mol. The third-order valence-electron chi connectivity index (χ3n) is 5.57. The summed E-state index contributed by atoms with van der Waals surface area (Å²) < 4.78 is 92.0. The first-order chi connectivity index (χ1) is 16.6. The Bertz CT molecular complexity index is 1500. The van der Waals surface area contributed by atoms with E-state index in [1.54, 1.807) is 13.8 Å². The maximum absolute atomic E-state index is 14.6. The van der Waals surface area contributed by atoms with Gasteiger partial charge in [0.1, 0.15) is 20.8 Å². The van der Waals surface area contributed by atoms with Crippen LogP contribution in [0.15, 0.2) is 52.3 Å². The summed E-state index contributed by atoms with van der Waals surface area (Å²) in [7, 11) is -7.70. The Kier molecular flexibility index (Phi) is 7.99. The van der Waals surface area contributed by atoms with Crippen molar-refractivity contribution in [1.82, 2.24) is 0 Å². The minimum Gasteiger partial charge on any atom is -0.744 e. The third kappa shape index (κ3) is 5.97. The maximum atomic E-state index is 14.6. The molecule has 0 aliphatic heterocycles. The molecule has 0 radical (unpaired) electrons. The van der Waals surface area contributed by atoms with Gasteiger partial charge in [0.25, 0.3) is 0 Å². The van der Waals surface area contributed by atoms with Gasteiger partial charge in [0.2, 0.25) is 6.29 Å². The minimum absolute atomic E-state index is 0.0628. The zero-order chi connectivity index (χ0) is 27.0. The molecular formula is C25H28FO8S2-. The highest BCUT2D eigenvalue weighted by atomic mass is 32.2. The number of rotatable bonds is 9. The molecule has 196 valence electrons. The molecule has 0 saturated heterocycles. The second-order valence-corrected chi connectivity index (χ2v) is 12.0. The molecule has 0 aliphatic rings. The molecule has 0 bridgehead atoms. The van der Waals surface area contributed by atoms with Crippen LogP contribution in [0.4, 0.5) is 4.39 Å². The van der Waals surface area contributed by atoms with Crippen LogP contribution in [-0.4, -0.2) is 34.8 Å². The second-order valence-electron chi connectivity index (χ2n) is 9.06. The van der Waals surface area contributed by atoms with Gasteiger partial charge >= 0.3 is 10.1 Å². The molecule has 0 spiro atoms. The van der Waals surface area contributed by atoms with Gasteiger partial charge in [-0.2, -0.15) is 8.42 Å². The molecule has 1 atom stereocenters. The molecule has 8 nitrogen and oxygen atoms in total. The van der Waals surface area contributed by atoms with E-state index in [2.05, 4.69) is 0 Å². The van der Waals surface area contributed by atoms with Crippen molar-refractivity contribution in [1.29, 1.82) is 0 Å². The van der Waals surface area contributed by atoms with Gasteiger partial charge in [-0.25, -0.2) is 12.8 Å². The van der Waals surface area contributed by atoms with E-state index in [9.17, 15) is 25.8 Å². The van der Waals surface area contributed by atoms with Crippen LogP contribution < -0.4 is 8.92 Å². The fourth-order valence-corrected chi connectivity index (χ4v) is 5.58. The highest BCUT2D eigenvalue weighted by molar-refractivity contribution is 7.87. The Hall–Kier alpha value is -2.73. The lowest BCUT2D eigenvalue weighted by Crippen LogP contribution is -2.25. The number of hydrogen-bond donors (Lipinski definition) is 0. The zero-order valence-electron chi connectivity index (χ0n) is 20.7. The van der Waals surface area contributed by atoms with Crippen molar-refractivity contribution in [3.05, 3.63) is 59.4 Å². The number of fused-ring (bicyclic) bond motifs is 1. The first-order valence-corrected chi connectivity index (χ1v) is 13.9. The highest BCUT2D eigenvalue weighted by Crippen LogP contribution is 2.34. The van der Waals surface area contributed by atoms with Crippen molar-refractivity contribution in [3.8, 4) is 11.5 Å². The molecule has 0 saturated carbocycles. The standard InChI is InChI=1S/C25H29FO8S2/c1-14(2)20-13-22(16(5)9-24(20)35(27,28)29)34-36(30,31)19-8-7-17-11-21(26)23(12-18(17)10-19)33-25(32-6)15(3)4/h7-15,25H,1-6H3,(H,27,28,29)/p-1. The number of benzene rings is 3. The lowest BCUT2D eigenvalue weighted by molar-refractivity contribution is -0.0850. The smallest absolute Gasteiger partial charge is 0.339 e. The van der Waals surface area contributed by atoms with Crippen LogP contribution in [0.25, 0.3) is 10.8 Å². The van der Waals surface area contributed by atoms with Crippen LogP contribution in [0.5, 0.6) is 11.5 Å². The van der Waals surface area contributed by atoms with Gasteiger partial charge < -0.3 is 18.2 Å². The Balaban J connectivity index is 2.03. The fraction of sp³-hybridized carbons (Fsp3) is 0.360. The lowest BCUT2D eigenvalue weighted by atomic mass is 10.0. The van der Waals surface area contributed by atoms with Gasteiger partial charge in [-0.3, -0.25) is 0 Å². The maximum Gasteiger partial charge on any atom is 0.339 e. The number of ether oxygens (including phenoxy) is 2. The predicted octanol–water partition coefficient (Wildman–Crippen LogP) is 5.09. The average molecular weight is 540 g/mol. The quantitative estimate of drug-likeness (QED) is 0.210. The summed E-state index contributed by atoms with van der Waals surface area (Å²) in [5, 5.41) is 0.836. The van der Waals surface area contributed by atoms with Gasteiger partial charge in [0, 0.05) is 13.0 Å². The summed E-state index contributed by atoms with van der Waals surface area (Å²) in [6.07, 6.45) is -0.703. The van der Waals surface area contributed by atoms with Gasteiger partial charge in [0.05, 0.1) is 4.90 Å². The van der Waals surface area contributed by atoms with Crippen molar-refractivity contribution in [2.75, 3.05) is 7.11 Å². The van der Waals surface area contributed by atoms with E-state index in [0.717, 1.165) is 6.07 Å². The van der Waals surface area contributed by atoms with Gasteiger partial charge in [-0.15, -0.1) is 0 Å². The molecule has 0 heterocycles. The molecule has 3 aromatic carbocycles. The van der Waals surface area contributed by atoms with E-state index < -0.39 is 37.2 Å². The predicted molar refractivity (Wildman–Crippen MR) is 131 cm³/mol. The normalized spacial score (nSPS) is 13.4. The van der Waals surface area contributed by atoms with Crippen molar-refractivity contribution in [2.45, 2.75) is 56.6 Å². The highest BCUT2D eigenvalue weighted by Gasteiger charge is 2.23. The van der Waals surface area contributed by atoms with Crippen molar-refractivity contribution >= 4 is 31.0 Å². The molecule has 0 aliphatic carbocycles. The molecule has 0 amide bonds. The first kappa shape index (κ1) is 27.9. The zero-order valence-corrected chi connectivity index (χ0v) is 22.4. The summed E-state index contributed by atoms with van der Waals surface area (Å²) in [5.74, 6) is -1.26. The van der Waals surface area contributed by atoms with Crippen LogP contribution in [0.2, 0.25) is 0 Å². The molecule has 11 heteroatoms. The van der Waals surface area contributed by atoms with Crippen LogP contribution in [0.3, 0.4) is 0 Å². The lowest BCUT2D eigenvalue weighted by Gasteiger charge is -2.21.